The van der Waals surface area contributed by atoms with Gasteiger partial charge in [0.05, 0.1) is 6.61 Å². The Morgan fingerprint density at radius 1 is 1.26 bits per heavy atom. The van der Waals surface area contributed by atoms with Gasteiger partial charge in [-0.05, 0) is 52.8 Å². The van der Waals surface area contributed by atoms with E-state index in [-0.39, 0.29) is 34.6 Å². The molecular formula is C20H26O3. The van der Waals surface area contributed by atoms with Crippen LogP contribution in [0.25, 0.3) is 0 Å². The fourth-order valence-corrected chi connectivity index (χ4v) is 5.60. The zero-order valence-corrected chi connectivity index (χ0v) is 14.5. The van der Waals surface area contributed by atoms with E-state index in [4.69, 9.17) is 4.74 Å². The minimum Gasteiger partial charge on any atom is -0.508 e. The van der Waals surface area contributed by atoms with Crippen molar-refractivity contribution in [3.05, 3.63) is 28.8 Å². The van der Waals surface area contributed by atoms with E-state index in [1.165, 1.54) is 0 Å². The van der Waals surface area contributed by atoms with E-state index in [2.05, 4.69) is 13.8 Å². The SMILES string of the molecule is CC(C)c1cc2c(cc1O)[C@@]1(C)CCC[C@@]3(C)CO[C@@H](C2=O)C31. The van der Waals surface area contributed by atoms with Crippen molar-refractivity contribution in [1.82, 2.24) is 0 Å². The van der Waals surface area contributed by atoms with Gasteiger partial charge in [0.15, 0.2) is 5.78 Å². The van der Waals surface area contributed by atoms with Gasteiger partial charge < -0.3 is 9.84 Å². The molecule has 3 aliphatic rings. The Hall–Kier alpha value is -1.35. The molecule has 3 heteroatoms. The van der Waals surface area contributed by atoms with E-state index < -0.39 is 0 Å². The maximum atomic E-state index is 13.1. The van der Waals surface area contributed by atoms with E-state index in [9.17, 15) is 9.90 Å². The number of aromatic hydroxyl groups is 1. The maximum Gasteiger partial charge on any atom is 0.192 e. The smallest absolute Gasteiger partial charge is 0.192 e. The zero-order valence-electron chi connectivity index (χ0n) is 14.5. The lowest BCUT2D eigenvalue weighted by molar-refractivity contribution is 0.0317. The number of ether oxygens (including phenoxy) is 1. The van der Waals surface area contributed by atoms with Crippen molar-refractivity contribution >= 4 is 5.78 Å². The molecule has 1 aliphatic heterocycles. The van der Waals surface area contributed by atoms with Crippen LogP contribution in [0.3, 0.4) is 0 Å². The van der Waals surface area contributed by atoms with Crippen molar-refractivity contribution in [1.29, 1.82) is 0 Å². The zero-order chi connectivity index (χ0) is 16.6. The van der Waals surface area contributed by atoms with Crippen LogP contribution in [0.4, 0.5) is 0 Å². The van der Waals surface area contributed by atoms with E-state index in [1.54, 1.807) is 0 Å². The number of fused-ring (bicyclic) bond motifs is 2. The van der Waals surface area contributed by atoms with Crippen molar-refractivity contribution < 1.29 is 14.6 Å². The Balaban J connectivity index is 1.96. The Kier molecular flexibility index (Phi) is 3.04. The molecule has 124 valence electrons. The summed E-state index contributed by atoms with van der Waals surface area (Å²) in [4.78, 5) is 13.1. The summed E-state index contributed by atoms with van der Waals surface area (Å²) in [5.41, 5.74) is 2.68. The first-order chi connectivity index (χ1) is 10.8. The van der Waals surface area contributed by atoms with Gasteiger partial charge in [0.1, 0.15) is 11.9 Å². The summed E-state index contributed by atoms with van der Waals surface area (Å²) in [5.74, 6) is 0.875. The molecule has 2 fully saturated rings. The molecule has 1 saturated carbocycles. The molecule has 1 unspecified atom stereocenters. The lowest BCUT2D eigenvalue weighted by Crippen LogP contribution is -2.54. The summed E-state index contributed by atoms with van der Waals surface area (Å²) >= 11 is 0. The average molecular weight is 314 g/mol. The first kappa shape index (κ1) is 15.2. The lowest BCUT2D eigenvalue weighted by atomic mass is 9.50. The highest BCUT2D eigenvalue weighted by molar-refractivity contribution is 6.03. The van der Waals surface area contributed by atoms with Crippen LogP contribution in [-0.2, 0) is 10.2 Å². The minimum atomic E-state index is -0.303. The predicted octanol–water partition coefficient (Wildman–Crippen LogP) is 4.17. The summed E-state index contributed by atoms with van der Waals surface area (Å²) in [6.07, 6.45) is 3.04. The third-order valence-electron chi connectivity index (χ3n) is 6.70. The van der Waals surface area contributed by atoms with Crippen LogP contribution in [0.2, 0.25) is 0 Å². The largest absolute Gasteiger partial charge is 0.508 e. The Morgan fingerprint density at radius 2 is 2.00 bits per heavy atom. The second kappa shape index (κ2) is 4.60. The number of carbonyl (C=O) groups excluding carboxylic acids is 1. The number of hydrogen-bond donors (Lipinski definition) is 1. The summed E-state index contributed by atoms with van der Waals surface area (Å²) in [7, 11) is 0. The van der Waals surface area contributed by atoms with Crippen LogP contribution in [0.1, 0.15) is 74.4 Å². The van der Waals surface area contributed by atoms with Gasteiger partial charge >= 0.3 is 0 Å². The summed E-state index contributed by atoms with van der Waals surface area (Å²) in [5, 5.41) is 10.5. The normalized spacial score (nSPS) is 38.6. The van der Waals surface area contributed by atoms with Gasteiger partial charge in [-0.2, -0.15) is 0 Å². The number of hydrogen-bond acceptors (Lipinski definition) is 3. The quantitative estimate of drug-likeness (QED) is 0.846. The van der Waals surface area contributed by atoms with Gasteiger partial charge in [0.2, 0.25) is 0 Å². The number of rotatable bonds is 1. The second-order valence-corrected chi connectivity index (χ2v) is 8.61. The van der Waals surface area contributed by atoms with Crippen molar-refractivity contribution in [2.24, 2.45) is 11.3 Å². The van der Waals surface area contributed by atoms with E-state index in [0.717, 1.165) is 36.0 Å². The first-order valence-corrected chi connectivity index (χ1v) is 8.81. The maximum absolute atomic E-state index is 13.1. The number of carbonyl (C=O) groups is 1. The Bertz CT molecular complexity index is 692. The molecule has 0 bridgehead atoms. The molecule has 0 radical (unpaired) electrons. The molecule has 4 rings (SSSR count). The van der Waals surface area contributed by atoms with E-state index >= 15 is 0 Å². The fourth-order valence-electron chi connectivity index (χ4n) is 5.60. The molecule has 3 nitrogen and oxygen atoms in total. The molecule has 1 saturated heterocycles. The number of Topliss-reactive ketones (excluding diaryl/α,β-unsaturated/α-hetero) is 1. The van der Waals surface area contributed by atoms with Crippen molar-refractivity contribution in [2.45, 2.75) is 64.4 Å². The monoisotopic (exact) mass is 314 g/mol. The molecular weight excluding hydrogens is 288 g/mol. The van der Waals surface area contributed by atoms with Crippen LogP contribution < -0.4 is 0 Å². The van der Waals surface area contributed by atoms with Gasteiger partial charge in [-0.25, -0.2) is 0 Å². The van der Waals surface area contributed by atoms with Gasteiger partial charge in [-0.15, -0.1) is 0 Å². The standard InChI is InChI=1S/C20H26O3/c1-11(2)12-8-13-14(9-15(12)21)20(4)7-5-6-19(3)10-23-17(16(13)22)18(19)20/h8-9,11,17-18,21H,5-7,10H2,1-4H3/t17-,18?,19-,20+/m0/s1. The van der Waals surface area contributed by atoms with Crippen molar-refractivity contribution in [2.75, 3.05) is 6.61 Å². The molecule has 1 aromatic carbocycles. The number of phenolic OH excluding ortho intramolecular Hbond substituents is 1. The third kappa shape index (κ3) is 1.83. The molecule has 0 amide bonds. The number of phenols is 1. The molecule has 1 heterocycles. The van der Waals surface area contributed by atoms with Crippen LogP contribution in [0.5, 0.6) is 5.75 Å². The van der Waals surface area contributed by atoms with Gasteiger partial charge in [-0.1, -0.05) is 34.1 Å². The topological polar surface area (TPSA) is 46.5 Å². The van der Waals surface area contributed by atoms with Crippen LogP contribution >= 0.6 is 0 Å². The fraction of sp³-hybridized carbons (Fsp3) is 0.650. The molecule has 0 aromatic heterocycles. The molecule has 23 heavy (non-hydrogen) atoms. The third-order valence-corrected chi connectivity index (χ3v) is 6.70. The average Bonchev–Trinajstić information content (AvgIpc) is 2.84. The Labute approximate surface area is 138 Å². The molecule has 2 aliphatic carbocycles. The first-order valence-electron chi connectivity index (χ1n) is 8.81. The highest BCUT2D eigenvalue weighted by atomic mass is 16.5. The van der Waals surface area contributed by atoms with E-state index in [0.29, 0.717) is 12.4 Å². The van der Waals surface area contributed by atoms with Crippen molar-refractivity contribution in [3.63, 3.8) is 0 Å². The van der Waals surface area contributed by atoms with Gasteiger partial charge in [0.25, 0.3) is 0 Å². The highest BCUT2D eigenvalue weighted by Gasteiger charge is 2.62. The van der Waals surface area contributed by atoms with Gasteiger partial charge in [0, 0.05) is 11.5 Å². The molecule has 0 spiro atoms. The summed E-state index contributed by atoms with van der Waals surface area (Å²) in [6, 6.07) is 3.80. The minimum absolute atomic E-state index is 0.0790. The van der Waals surface area contributed by atoms with Crippen LogP contribution in [0, 0.1) is 11.3 Å². The number of benzene rings is 1. The van der Waals surface area contributed by atoms with Crippen molar-refractivity contribution in [3.8, 4) is 5.75 Å². The number of ketones is 1. The van der Waals surface area contributed by atoms with Gasteiger partial charge in [-0.3, -0.25) is 4.79 Å². The molecule has 1 aromatic rings. The Morgan fingerprint density at radius 3 is 2.70 bits per heavy atom. The van der Waals surface area contributed by atoms with E-state index in [1.807, 2.05) is 26.0 Å². The summed E-state index contributed by atoms with van der Waals surface area (Å²) < 4.78 is 6.03. The summed E-state index contributed by atoms with van der Waals surface area (Å²) in [6.45, 7) is 9.32. The lowest BCUT2D eigenvalue weighted by Gasteiger charge is -2.52. The van der Waals surface area contributed by atoms with Crippen LogP contribution in [0.15, 0.2) is 12.1 Å². The molecule has 1 N–H and O–H groups in total. The predicted molar refractivity (Wildman–Crippen MR) is 89.1 cm³/mol. The molecule has 4 atom stereocenters. The van der Waals surface area contributed by atoms with Crippen LogP contribution in [-0.4, -0.2) is 23.6 Å². The second-order valence-electron chi connectivity index (χ2n) is 8.61. The highest BCUT2D eigenvalue weighted by Crippen LogP contribution is 2.61.